The molecule has 1 aliphatic heterocycles. The lowest BCUT2D eigenvalue weighted by Crippen LogP contribution is -2.23. The summed E-state index contributed by atoms with van der Waals surface area (Å²) in [6, 6.07) is 7.45. The second-order valence-corrected chi connectivity index (χ2v) is 4.17. The SMILES string of the molecule is NC(CCl)=Nc1cccc(N2CCCC2=O)c1. The summed E-state index contributed by atoms with van der Waals surface area (Å²) in [5, 5.41) is 0. The average Bonchev–Trinajstić information content (AvgIpc) is 2.75. The van der Waals surface area contributed by atoms with E-state index in [2.05, 4.69) is 4.99 Å². The quantitative estimate of drug-likeness (QED) is 0.508. The number of aliphatic imine (C=N–C) groups is 1. The number of alkyl halides is 1. The molecule has 0 atom stereocenters. The summed E-state index contributed by atoms with van der Waals surface area (Å²) in [5.74, 6) is 0.736. The minimum Gasteiger partial charge on any atom is -0.386 e. The van der Waals surface area contributed by atoms with Crippen LogP contribution in [0.3, 0.4) is 0 Å². The zero-order valence-electron chi connectivity index (χ0n) is 9.40. The summed E-state index contributed by atoms with van der Waals surface area (Å²) < 4.78 is 0. The van der Waals surface area contributed by atoms with Crippen LogP contribution in [0.5, 0.6) is 0 Å². The molecule has 5 heteroatoms. The Hall–Kier alpha value is -1.55. The molecule has 1 heterocycles. The van der Waals surface area contributed by atoms with Gasteiger partial charge in [0.15, 0.2) is 0 Å². The van der Waals surface area contributed by atoms with Crippen molar-refractivity contribution in [2.24, 2.45) is 10.7 Å². The summed E-state index contributed by atoms with van der Waals surface area (Å²) >= 11 is 5.57. The zero-order chi connectivity index (χ0) is 12.3. The number of carbonyl (C=O) groups excluding carboxylic acids is 1. The Bertz CT molecular complexity index is 459. The number of rotatable bonds is 3. The standard InChI is InChI=1S/C12H14ClN3O/c13-8-11(14)15-9-3-1-4-10(7-9)16-6-2-5-12(16)17/h1,3-4,7H,2,5-6,8H2,(H2,14,15). The molecule has 1 aromatic carbocycles. The van der Waals surface area contributed by atoms with E-state index in [4.69, 9.17) is 17.3 Å². The molecular weight excluding hydrogens is 238 g/mol. The highest BCUT2D eigenvalue weighted by Gasteiger charge is 2.21. The molecule has 1 fully saturated rings. The lowest BCUT2D eigenvalue weighted by atomic mass is 10.2. The van der Waals surface area contributed by atoms with Crippen LogP contribution in [0.2, 0.25) is 0 Å². The van der Waals surface area contributed by atoms with Crippen molar-refractivity contribution in [2.45, 2.75) is 12.8 Å². The van der Waals surface area contributed by atoms with Crippen molar-refractivity contribution in [1.82, 2.24) is 0 Å². The van der Waals surface area contributed by atoms with Crippen LogP contribution in [0.4, 0.5) is 11.4 Å². The first-order valence-electron chi connectivity index (χ1n) is 5.50. The van der Waals surface area contributed by atoms with E-state index < -0.39 is 0 Å². The van der Waals surface area contributed by atoms with Crippen LogP contribution in [0.1, 0.15) is 12.8 Å². The number of halogens is 1. The second-order valence-electron chi connectivity index (χ2n) is 3.91. The van der Waals surface area contributed by atoms with Gasteiger partial charge in [-0.05, 0) is 24.6 Å². The third-order valence-corrected chi connectivity index (χ3v) is 2.90. The van der Waals surface area contributed by atoms with Crippen LogP contribution in [0.25, 0.3) is 0 Å². The van der Waals surface area contributed by atoms with Gasteiger partial charge in [-0.2, -0.15) is 0 Å². The summed E-state index contributed by atoms with van der Waals surface area (Å²) in [7, 11) is 0. The molecule has 0 unspecified atom stereocenters. The number of hydrogen-bond acceptors (Lipinski definition) is 2. The summed E-state index contributed by atoms with van der Waals surface area (Å²) in [5.41, 5.74) is 7.17. The number of nitrogens with zero attached hydrogens (tertiary/aromatic N) is 2. The topological polar surface area (TPSA) is 58.7 Å². The summed E-state index contributed by atoms with van der Waals surface area (Å²) in [6.07, 6.45) is 1.54. The number of nitrogens with two attached hydrogens (primary N) is 1. The number of amides is 1. The number of benzene rings is 1. The first-order valence-corrected chi connectivity index (χ1v) is 6.03. The van der Waals surface area contributed by atoms with Gasteiger partial charge in [0.25, 0.3) is 0 Å². The van der Waals surface area contributed by atoms with Gasteiger partial charge in [-0.15, -0.1) is 11.6 Å². The van der Waals surface area contributed by atoms with Crippen LogP contribution in [0.15, 0.2) is 29.3 Å². The fourth-order valence-corrected chi connectivity index (χ4v) is 1.91. The molecule has 0 spiro atoms. The van der Waals surface area contributed by atoms with E-state index in [1.165, 1.54) is 0 Å². The maximum Gasteiger partial charge on any atom is 0.227 e. The van der Waals surface area contributed by atoms with Crippen molar-refractivity contribution in [1.29, 1.82) is 0 Å². The minimum absolute atomic E-state index is 0.163. The summed E-state index contributed by atoms with van der Waals surface area (Å²) in [4.78, 5) is 17.5. The van der Waals surface area contributed by atoms with E-state index >= 15 is 0 Å². The Morgan fingerprint density at radius 1 is 1.53 bits per heavy atom. The number of hydrogen-bond donors (Lipinski definition) is 1. The second kappa shape index (κ2) is 5.19. The highest BCUT2D eigenvalue weighted by atomic mass is 35.5. The van der Waals surface area contributed by atoms with Crippen LogP contribution < -0.4 is 10.6 Å². The van der Waals surface area contributed by atoms with Crippen LogP contribution in [-0.4, -0.2) is 24.2 Å². The van der Waals surface area contributed by atoms with Gasteiger partial charge >= 0.3 is 0 Å². The van der Waals surface area contributed by atoms with Gasteiger partial charge in [-0.1, -0.05) is 6.07 Å². The van der Waals surface area contributed by atoms with Gasteiger partial charge in [0, 0.05) is 18.7 Å². The van der Waals surface area contributed by atoms with Gasteiger partial charge in [-0.3, -0.25) is 4.79 Å². The molecule has 1 amide bonds. The van der Waals surface area contributed by atoms with Crippen molar-refractivity contribution < 1.29 is 4.79 Å². The summed E-state index contributed by atoms with van der Waals surface area (Å²) in [6.45, 7) is 0.775. The van der Waals surface area contributed by atoms with E-state index in [1.54, 1.807) is 4.90 Å². The number of amidine groups is 1. The Morgan fingerprint density at radius 3 is 3.00 bits per heavy atom. The zero-order valence-corrected chi connectivity index (χ0v) is 10.2. The lowest BCUT2D eigenvalue weighted by Gasteiger charge is -2.15. The van der Waals surface area contributed by atoms with Crippen molar-refractivity contribution >= 4 is 34.7 Å². The highest BCUT2D eigenvalue weighted by molar-refractivity contribution is 6.28. The van der Waals surface area contributed by atoms with E-state index in [9.17, 15) is 4.79 Å². The number of anilines is 1. The minimum atomic E-state index is 0.163. The normalized spacial score (nSPS) is 16.6. The molecule has 4 nitrogen and oxygen atoms in total. The molecule has 0 aliphatic carbocycles. The molecule has 1 aromatic rings. The Balaban J connectivity index is 2.25. The monoisotopic (exact) mass is 251 g/mol. The van der Waals surface area contributed by atoms with Crippen LogP contribution >= 0.6 is 11.6 Å². The van der Waals surface area contributed by atoms with E-state index in [1.807, 2.05) is 24.3 Å². The molecule has 90 valence electrons. The van der Waals surface area contributed by atoms with Gasteiger partial charge in [0.2, 0.25) is 5.91 Å². The predicted octanol–water partition coefficient (Wildman–Crippen LogP) is 2.04. The molecule has 0 aromatic heterocycles. The maximum absolute atomic E-state index is 11.6. The Kier molecular flexibility index (Phi) is 3.64. The van der Waals surface area contributed by atoms with E-state index in [-0.39, 0.29) is 11.8 Å². The fourth-order valence-electron chi connectivity index (χ4n) is 1.85. The molecular formula is C12H14ClN3O. The Labute approximate surface area is 105 Å². The largest absolute Gasteiger partial charge is 0.386 e. The molecule has 0 saturated carbocycles. The third kappa shape index (κ3) is 2.77. The van der Waals surface area contributed by atoms with Gasteiger partial charge in [0.05, 0.1) is 11.6 Å². The molecule has 1 aliphatic rings. The van der Waals surface area contributed by atoms with Crippen molar-refractivity contribution in [3.63, 3.8) is 0 Å². The van der Waals surface area contributed by atoms with Gasteiger partial charge in [-0.25, -0.2) is 4.99 Å². The predicted molar refractivity (Wildman–Crippen MR) is 70.0 cm³/mol. The van der Waals surface area contributed by atoms with E-state index in [0.29, 0.717) is 12.3 Å². The molecule has 2 N–H and O–H groups in total. The average molecular weight is 252 g/mol. The van der Waals surface area contributed by atoms with Gasteiger partial charge in [0.1, 0.15) is 5.84 Å². The lowest BCUT2D eigenvalue weighted by molar-refractivity contribution is -0.117. The molecule has 2 rings (SSSR count). The smallest absolute Gasteiger partial charge is 0.227 e. The Morgan fingerprint density at radius 2 is 2.35 bits per heavy atom. The molecule has 0 bridgehead atoms. The first kappa shape index (κ1) is 11.9. The van der Waals surface area contributed by atoms with Crippen LogP contribution in [-0.2, 0) is 4.79 Å². The van der Waals surface area contributed by atoms with Crippen molar-refractivity contribution in [3.05, 3.63) is 24.3 Å². The maximum atomic E-state index is 11.6. The number of carbonyl (C=O) groups is 1. The van der Waals surface area contributed by atoms with Crippen LogP contribution in [0, 0.1) is 0 Å². The van der Waals surface area contributed by atoms with E-state index in [0.717, 1.165) is 24.3 Å². The third-order valence-electron chi connectivity index (χ3n) is 2.62. The van der Waals surface area contributed by atoms with Crippen molar-refractivity contribution in [3.8, 4) is 0 Å². The molecule has 0 radical (unpaired) electrons. The molecule has 17 heavy (non-hydrogen) atoms. The first-order chi connectivity index (χ1) is 8.20. The van der Waals surface area contributed by atoms with Crippen molar-refractivity contribution in [2.75, 3.05) is 17.3 Å². The van der Waals surface area contributed by atoms with Gasteiger partial charge < -0.3 is 10.6 Å². The highest BCUT2D eigenvalue weighted by Crippen LogP contribution is 2.25. The molecule has 1 saturated heterocycles. The fraction of sp³-hybridized carbons (Fsp3) is 0.333.